The number of nitrogens with one attached hydrogen (secondary N) is 1. The molecule has 0 aromatic heterocycles. The number of methoxy groups -OCH3 is 2. The van der Waals surface area contributed by atoms with Crippen LogP contribution in [0.25, 0.3) is 0 Å². The van der Waals surface area contributed by atoms with Crippen molar-refractivity contribution >= 4 is 39.8 Å². The van der Waals surface area contributed by atoms with Crippen LogP contribution in [0.5, 0.6) is 11.5 Å². The van der Waals surface area contributed by atoms with Crippen molar-refractivity contribution in [2.45, 2.75) is 5.75 Å². The van der Waals surface area contributed by atoms with Crippen LogP contribution in [-0.2, 0) is 10.5 Å². The largest absolute Gasteiger partial charge is 0.493 e. The molecule has 0 bridgehead atoms. The van der Waals surface area contributed by atoms with Gasteiger partial charge < -0.3 is 9.47 Å². The third-order valence-corrected chi connectivity index (χ3v) is 4.70. The summed E-state index contributed by atoms with van der Waals surface area (Å²) < 4.78 is 11.4. The van der Waals surface area contributed by atoms with E-state index in [4.69, 9.17) is 9.47 Å². The fourth-order valence-corrected chi connectivity index (χ4v) is 3.25. The average Bonchev–Trinajstić information content (AvgIpc) is 2.61. The third-order valence-electron chi connectivity index (χ3n) is 3.20. The Labute approximate surface area is 159 Å². The Kier molecular flexibility index (Phi) is 7.81. The number of halogens is 1. The molecule has 132 valence electrons. The lowest BCUT2D eigenvalue weighted by Gasteiger charge is -2.07. The maximum atomic E-state index is 11.8. The van der Waals surface area contributed by atoms with Gasteiger partial charge in [0.1, 0.15) is 0 Å². The fourth-order valence-electron chi connectivity index (χ4n) is 2.03. The lowest BCUT2D eigenvalue weighted by atomic mass is 10.2. The van der Waals surface area contributed by atoms with Gasteiger partial charge in [0.05, 0.1) is 26.2 Å². The highest BCUT2D eigenvalue weighted by Gasteiger charge is 2.04. The fraction of sp³-hybridized carbons (Fsp3) is 0.222. The molecule has 0 aliphatic carbocycles. The summed E-state index contributed by atoms with van der Waals surface area (Å²) in [6, 6.07) is 13.4. The van der Waals surface area contributed by atoms with Gasteiger partial charge in [-0.1, -0.05) is 28.1 Å². The van der Waals surface area contributed by atoms with E-state index < -0.39 is 0 Å². The Morgan fingerprint density at radius 3 is 2.72 bits per heavy atom. The third kappa shape index (κ3) is 6.43. The van der Waals surface area contributed by atoms with Crippen molar-refractivity contribution in [1.82, 2.24) is 5.43 Å². The van der Waals surface area contributed by atoms with Crippen molar-refractivity contribution in [1.29, 1.82) is 0 Å². The van der Waals surface area contributed by atoms with Crippen LogP contribution in [0.3, 0.4) is 0 Å². The van der Waals surface area contributed by atoms with Crippen LogP contribution in [0.1, 0.15) is 11.1 Å². The molecule has 25 heavy (non-hydrogen) atoms. The Bertz CT molecular complexity index is 753. The number of hydrogen-bond acceptors (Lipinski definition) is 5. The maximum absolute atomic E-state index is 11.8. The summed E-state index contributed by atoms with van der Waals surface area (Å²) in [6.07, 6.45) is 1.57. The van der Waals surface area contributed by atoms with Crippen LogP contribution in [0.4, 0.5) is 0 Å². The summed E-state index contributed by atoms with van der Waals surface area (Å²) in [5.74, 6) is 2.23. The topological polar surface area (TPSA) is 59.9 Å². The number of hydrogen-bond donors (Lipinski definition) is 1. The summed E-state index contributed by atoms with van der Waals surface area (Å²) in [7, 11) is 3.15. The van der Waals surface area contributed by atoms with E-state index in [9.17, 15) is 4.79 Å². The Hall–Kier alpha value is -1.99. The minimum absolute atomic E-state index is 0.142. The van der Waals surface area contributed by atoms with Crippen molar-refractivity contribution < 1.29 is 14.3 Å². The zero-order chi connectivity index (χ0) is 18.1. The number of thioether (sulfide) groups is 1. The molecule has 0 saturated heterocycles. The van der Waals surface area contributed by atoms with E-state index in [1.807, 2.05) is 30.3 Å². The number of ether oxygens (including phenoxy) is 2. The van der Waals surface area contributed by atoms with Crippen LogP contribution >= 0.6 is 27.7 Å². The Morgan fingerprint density at radius 1 is 1.20 bits per heavy atom. The van der Waals surface area contributed by atoms with Gasteiger partial charge >= 0.3 is 0 Å². The molecule has 2 aromatic rings. The number of carbonyl (C=O) groups excluding carboxylic acids is 1. The number of amides is 1. The van der Waals surface area contributed by atoms with Crippen molar-refractivity contribution in [3.05, 3.63) is 58.1 Å². The van der Waals surface area contributed by atoms with Crippen molar-refractivity contribution in [3.8, 4) is 11.5 Å². The van der Waals surface area contributed by atoms with Crippen molar-refractivity contribution in [2.24, 2.45) is 5.10 Å². The first-order chi connectivity index (χ1) is 12.1. The van der Waals surface area contributed by atoms with Gasteiger partial charge in [-0.2, -0.15) is 5.10 Å². The van der Waals surface area contributed by atoms with E-state index >= 15 is 0 Å². The molecule has 1 amide bonds. The van der Waals surface area contributed by atoms with Gasteiger partial charge in [-0.25, -0.2) is 5.43 Å². The van der Waals surface area contributed by atoms with Crippen LogP contribution in [0, 0.1) is 0 Å². The van der Waals surface area contributed by atoms with Crippen LogP contribution in [0.15, 0.2) is 52.0 Å². The van der Waals surface area contributed by atoms with E-state index in [0.717, 1.165) is 15.8 Å². The van der Waals surface area contributed by atoms with Gasteiger partial charge in [0.15, 0.2) is 11.5 Å². The first kappa shape index (κ1) is 19.3. The lowest BCUT2D eigenvalue weighted by molar-refractivity contribution is -0.118. The summed E-state index contributed by atoms with van der Waals surface area (Å²) in [5.41, 5.74) is 4.50. The van der Waals surface area contributed by atoms with Gasteiger partial charge in [0, 0.05) is 10.2 Å². The van der Waals surface area contributed by atoms with E-state index in [1.54, 1.807) is 32.6 Å². The molecular weight excluding hydrogens is 404 g/mol. The summed E-state index contributed by atoms with van der Waals surface area (Å²) in [4.78, 5) is 11.8. The zero-order valence-corrected chi connectivity index (χ0v) is 16.4. The highest BCUT2D eigenvalue weighted by molar-refractivity contribution is 9.10. The lowest BCUT2D eigenvalue weighted by Crippen LogP contribution is -2.19. The molecule has 0 radical (unpaired) electrons. The van der Waals surface area contributed by atoms with Crippen LogP contribution in [-0.4, -0.2) is 32.1 Å². The smallest absolute Gasteiger partial charge is 0.250 e. The van der Waals surface area contributed by atoms with Gasteiger partial charge in [-0.05, 0) is 41.5 Å². The average molecular weight is 423 g/mol. The minimum Gasteiger partial charge on any atom is -0.493 e. The van der Waals surface area contributed by atoms with Gasteiger partial charge in [0.25, 0.3) is 0 Å². The predicted octanol–water partition coefficient (Wildman–Crippen LogP) is 3.85. The van der Waals surface area contributed by atoms with Gasteiger partial charge in [-0.3, -0.25) is 4.79 Å². The van der Waals surface area contributed by atoms with E-state index in [1.165, 1.54) is 17.3 Å². The zero-order valence-electron chi connectivity index (χ0n) is 14.0. The first-order valence-corrected chi connectivity index (χ1v) is 9.43. The summed E-state index contributed by atoms with van der Waals surface area (Å²) in [6.45, 7) is 0. The standard InChI is InChI=1S/C18H19BrN2O3S/c1-23-16-7-6-13(9-17(16)24-2)10-20-21-18(22)12-25-11-14-4-3-5-15(19)8-14/h3-10H,11-12H2,1-2H3,(H,21,22). The molecule has 0 heterocycles. The number of benzene rings is 2. The van der Waals surface area contributed by atoms with E-state index in [-0.39, 0.29) is 5.91 Å². The van der Waals surface area contributed by atoms with Crippen molar-refractivity contribution in [3.63, 3.8) is 0 Å². The molecule has 0 aliphatic rings. The van der Waals surface area contributed by atoms with Gasteiger partial charge in [0.2, 0.25) is 5.91 Å². The normalized spacial score (nSPS) is 10.7. The maximum Gasteiger partial charge on any atom is 0.250 e. The molecule has 0 aliphatic heterocycles. The monoisotopic (exact) mass is 422 g/mol. The van der Waals surface area contributed by atoms with Crippen LogP contribution < -0.4 is 14.9 Å². The molecule has 2 rings (SSSR count). The summed E-state index contributed by atoms with van der Waals surface area (Å²) >= 11 is 4.97. The second-order valence-electron chi connectivity index (χ2n) is 5.03. The molecule has 2 aromatic carbocycles. The Morgan fingerprint density at radius 2 is 2.00 bits per heavy atom. The Balaban J connectivity index is 1.78. The second-order valence-corrected chi connectivity index (χ2v) is 6.93. The molecule has 7 heteroatoms. The van der Waals surface area contributed by atoms with E-state index in [2.05, 4.69) is 26.5 Å². The quantitative estimate of drug-likeness (QED) is 0.518. The highest BCUT2D eigenvalue weighted by atomic mass is 79.9. The molecule has 0 fully saturated rings. The van der Waals surface area contributed by atoms with Crippen LogP contribution in [0.2, 0.25) is 0 Å². The second kappa shape index (κ2) is 10.1. The first-order valence-electron chi connectivity index (χ1n) is 7.48. The predicted molar refractivity (Wildman–Crippen MR) is 106 cm³/mol. The minimum atomic E-state index is -0.142. The van der Waals surface area contributed by atoms with Gasteiger partial charge in [-0.15, -0.1) is 11.8 Å². The SMILES string of the molecule is COc1ccc(C=NNC(=O)CSCc2cccc(Br)c2)cc1OC. The number of carbonyl (C=O) groups is 1. The van der Waals surface area contributed by atoms with E-state index in [0.29, 0.717) is 17.3 Å². The molecule has 0 saturated carbocycles. The molecule has 1 N–H and O–H groups in total. The number of rotatable bonds is 8. The molecule has 0 atom stereocenters. The number of hydrazone groups is 1. The molecular formula is C18H19BrN2O3S. The number of nitrogens with zero attached hydrogens (tertiary/aromatic N) is 1. The summed E-state index contributed by atoms with van der Waals surface area (Å²) in [5, 5.41) is 3.97. The molecule has 0 spiro atoms. The molecule has 5 nitrogen and oxygen atoms in total. The highest BCUT2D eigenvalue weighted by Crippen LogP contribution is 2.26. The molecule has 0 unspecified atom stereocenters. The van der Waals surface area contributed by atoms with Crippen molar-refractivity contribution in [2.75, 3.05) is 20.0 Å².